The lowest BCUT2D eigenvalue weighted by Gasteiger charge is -2.67. The van der Waals surface area contributed by atoms with E-state index in [0.717, 1.165) is 7.11 Å². The van der Waals surface area contributed by atoms with E-state index in [4.69, 9.17) is 23.7 Å². The molecular weight excluding hydrogens is 568 g/mol. The van der Waals surface area contributed by atoms with Crippen molar-refractivity contribution in [1.29, 1.82) is 0 Å². The topological polar surface area (TPSA) is 196 Å². The number of fused-ring (bicyclic) bond motifs is 2. The molecule has 2 bridgehead atoms. The third kappa shape index (κ3) is 4.27. The SMILES string of the molecule is CCCNC(=O)OC1=C(C)[C@@H]2C[C@H]3OC(=O)[C@H](OC(=O)NCCC)[C@H]4[C@]5(C(=O)OC)OC[C@]34[C@H]([C@@H](O)[C@@H]5O)[C@@]2(C)CC1=O. The van der Waals surface area contributed by atoms with Crippen LogP contribution >= 0.6 is 0 Å². The highest BCUT2D eigenvalue weighted by Gasteiger charge is 2.85. The Morgan fingerprint density at radius 3 is 2.33 bits per heavy atom. The summed E-state index contributed by atoms with van der Waals surface area (Å²) in [5, 5.41) is 28.6. The van der Waals surface area contributed by atoms with Gasteiger partial charge in [0.15, 0.2) is 11.5 Å². The van der Waals surface area contributed by atoms with Gasteiger partial charge < -0.3 is 44.5 Å². The van der Waals surface area contributed by atoms with Crippen molar-refractivity contribution >= 4 is 29.9 Å². The van der Waals surface area contributed by atoms with Gasteiger partial charge in [-0.05, 0) is 43.1 Å². The van der Waals surface area contributed by atoms with Gasteiger partial charge in [0.1, 0.15) is 12.2 Å². The third-order valence-electron chi connectivity index (χ3n) is 10.3. The minimum Gasteiger partial charge on any atom is -0.467 e. The molecule has 0 unspecified atom stereocenters. The quantitative estimate of drug-likeness (QED) is 0.234. The standard InChI is InChI=1S/C29H40N2O12/c1-6-8-30-25(37)42-18-13(3)14-10-16-28-12-40-29(24(36)39-5,22(34)17(33)20(28)27(14,4)11-15(18)32)21(28)19(23(35)41-16)43-26(38)31-9-7-2/h14,16-17,19-22,33-34H,6-12H2,1-5H3,(H,30,37)(H,31,38)/t14-,16+,17+,19+,20+,21+,22-,27-,28+,29-/m0/s1. The van der Waals surface area contributed by atoms with E-state index < -0.39 is 88.5 Å². The molecule has 43 heavy (non-hydrogen) atoms. The summed E-state index contributed by atoms with van der Waals surface area (Å²) in [6, 6.07) is 0. The van der Waals surface area contributed by atoms with Crippen molar-refractivity contribution in [2.24, 2.45) is 28.6 Å². The first-order chi connectivity index (χ1) is 20.3. The number of amides is 2. The lowest BCUT2D eigenvalue weighted by atomic mass is 9.38. The van der Waals surface area contributed by atoms with E-state index in [2.05, 4.69) is 10.6 Å². The van der Waals surface area contributed by atoms with Crippen molar-refractivity contribution in [3.05, 3.63) is 11.3 Å². The summed E-state index contributed by atoms with van der Waals surface area (Å²) >= 11 is 0. The maximum absolute atomic E-state index is 13.6. The number of rotatable bonds is 7. The monoisotopic (exact) mass is 608 g/mol. The van der Waals surface area contributed by atoms with Crippen LogP contribution < -0.4 is 10.6 Å². The normalized spacial score (nSPS) is 41.0. The Bertz CT molecular complexity index is 1250. The molecule has 2 saturated carbocycles. The summed E-state index contributed by atoms with van der Waals surface area (Å²) in [6.07, 6.45) is -6.68. The number of allylic oxidation sites excluding steroid dienone is 2. The lowest BCUT2D eigenvalue weighted by molar-refractivity contribution is -0.288. The van der Waals surface area contributed by atoms with E-state index in [0.29, 0.717) is 25.0 Å². The van der Waals surface area contributed by atoms with E-state index in [1.165, 1.54) is 0 Å². The number of esters is 2. The van der Waals surface area contributed by atoms with Crippen LogP contribution in [-0.2, 0) is 38.1 Å². The molecule has 5 aliphatic rings. The van der Waals surface area contributed by atoms with Crippen LogP contribution in [0.1, 0.15) is 53.4 Å². The van der Waals surface area contributed by atoms with Gasteiger partial charge in [0.2, 0.25) is 11.7 Å². The van der Waals surface area contributed by atoms with Gasteiger partial charge in [0.25, 0.3) is 0 Å². The van der Waals surface area contributed by atoms with Crippen LogP contribution in [0.2, 0.25) is 0 Å². The van der Waals surface area contributed by atoms with Crippen molar-refractivity contribution in [3.63, 3.8) is 0 Å². The fraction of sp³-hybridized carbons (Fsp3) is 0.759. The third-order valence-corrected chi connectivity index (χ3v) is 10.3. The second kappa shape index (κ2) is 11.0. The number of ketones is 1. The van der Waals surface area contributed by atoms with Gasteiger partial charge in [0, 0.05) is 30.8 Å². The Balaban J connectivity index is 1.63. The van der Waals surface area contributed by atoms with Gasteiger partial charge in [-0.2, -0.15) is 0 Å². The summed E-state index contributed by atoms with van der Waals surface area (Å²) in [5.74, 6) is -5.37. The van der Waals surface area contributed by atoms with Crippen LogP contribution in [0.25, 0.3) is 0 Å². The van der Waals surface area contributed by atoms with E-state index >= 15 is 0 Å². The fourth-order valence-electron chi connectivity index (χ4n) is 8.72. The molecule has 10 atom stereocenters. The second-order valence-corrected chi connectivity index (χ2v) is 12.5. The molecule has 14 heteroatoms. The Labute approximate surface area is 248 Å². The molecule has 14 nitrogen and oxygen atoms in total. The van der Waals surface area contributed by atoms with Crippen molar-refractivity contribution in [2.75, 3.05) is 26.8 Å². The summed E-state index contributed by atoms with van der Waals surface area (Å²) < 4.78 is 28.1. The number of hydrogen-bond acceptors (Lipinski definition) is 12. The number of hydrogen-bond donors (Lipinski definition) is 4. The summed E-state index contributed by atoms with van der Waals surface area (Å²) in [6.45, 7) is 7.52. The number of carbonyl (C=O) groups excluding carboxylic acids is 5. The number of ether oxygens (including phenoxy) is 5. The van der Waals surface area contributed by atoms with Crippen LogP contribution in [0.15, 0.2) is 11.3 Å². The van der Waals surface area contributed by atoms with Crippen LogP contribution in [0.4, 0.5) is 9.59 Å². The van der Waals surface area contributed by atoms with Gasteiger partial charge >= 0.3 is 24.1 Å². The molecule has 0 aromatic rings. The minimum atomic E-state index is -2.25. The zero-order chi connectivity index (χ0) is 31.5. The van der Waals surface area contributed by atoms with Crippen LogP contribution in [-0.4, -0.2) is 96.9 Å². The molecule has 0 aromatic heterocycles. The summed E-state index contributed by atoms with van der Waals surface area (Å²) in [4.78, 5) is 65.7. The van der Waals surface area contributed by atoms with Gasteiger partial charge in [-0.3, -0.25) is 4.79 Å². The highest BCUT2D eigenvalue weighted by Crippen LogP contribution is 2.72. The van der Waals surface area contributed by atoms with Crippen LogP contribution in [0.3, 0.4) is 0 Å². The van der Waals surface area contributed by atoms with Gasteiger partial charge in [-0.15, -0.1) is 0 Å². The highest BCUT2D eigenvalue weighted by atomic mass is 16.6. The average molecular weight is 609 g/mol. The number of aliphatic hydroxyl groups is 2. The molecule has 0 radical (unpaired) electrons. The first kappa shape index (κ1) is 31.2. The molecular formula is C29H40N2O12. The molecule has 238 valence electrons. The van der Waals surface area contributed by atoms with E-state index in [1.54, 1.807) is 13.8 Å². The first-order valence-electron chi connectivity index (χ1n) is 14.8. The number of nitrogens with one attached hydrogen (secondary N) is 2. The first-order valence-corrected chi connectivity index (χ1v) is 14.8. The van der Waals surface area contributed by atoms with Crippen molar-refractivity contribution in [1.82, 2.24) is 10.6 Å². The van der Waals surface area contributed by atoms with E-state index in [9.17, 15) is 34.2 Å². The molecule has 2 saturated heterocycles. The van der Waals surface area contributed by atoms with Gasteiger partial charge in [-0.1, -0.05) is 20.8 Å². The molecule has 3 aliphatic carbocycles. The predicted molar refractivity (Wildman–Crippen MR) is 144 cm³/mol. The zero-order valence-electron chi connectivity index (χ0n) is 25.0. The molecule has 0 aromatic carbocycles. The largest absolute Gasteiger partial charge is 0.467 e. The molecule has 2 amide bonds. The average Bonchev–Trinajstić information content (AvgIpc) is 3.27. The van der Waals surface area contributed by atoms with Crippen LogP contribution in [0.5, 0.6) is 0 Å². The van der Waals surface area contributed by atoms with E-state index in [-0.39, 0.29) is 31.8 Å². The Kier molecular flexibility index (Phi) is 8.01. The maximum Gasteiger partial charge on any atom is 0.412 e. The number of methoxy groups -OCH3 is 1. The van der Waals surface area contributed by atoms with Crippen LogP contribution in [0, 0.1) is 28.6 Å². The maximum atomic E-state index is 13.6. The summed E-state index contributed by atoms with van der Waals surface area (Å²) in [7, 11) is 1.09. The molecule has 1 spiro atoms. The second-order valence-electron chi connectivity index (χ2n) is 12.5. The van der Waals surface area contributed by atoms with Crippen molar-refractivity contribution < 1.29 is 57.9 Å². The number of carbonyl (C=O) groups is 5. The number of aliphatic hydroxyl groups excluding tert-OH is 2. The lowest BCUT2D eigenvalue weighted by Crippen LogP contribution is -2.79. The summed E-state index contributed by atoms with van der Waals surface area (Å²) in [5.41, 5.74) is -4.23. The molecule has 2 aliphatic heterocycles. The molecule has 4 N–H and O–H groups in total. The van der Waals surface area contributed by atoms with Gasteiger partial charge in [0.05, 0.1) is 25.7 Å². The Morgan fingerprint density at radius 1 is 1.05 bits per heavy atom. The fourth-order valence-corrected chi connectivity index (χ4v) is 8.72. The Hall–Kier alpha value is -3.23. The smallest absolute Gasteiger partial charge is 0.412 e. The van der Waals surface area contributed by atoms with Gasteiger partial charge in [-0.25, -0.2) is 19.2 Å². The molecule has 2 heterocycles. The predicted octanol–water partition coefficient (Wildman–Crippen LogP) is 0.722. The molecule has 5 rings (SSSR count). The van der Waals surface area contributed by atoms with Crippen molar-refractivity contribution in [2.45, 2.75) is 83.4 Å². The van der Waals surface area contributed by atoms with E-state index in [1.807, 2.05) is 13.8 Å². The minimum absolute atomic E-state index is 0.114. The number of Topliss-reactive ketones (excluding diaryl/α,β-unsaturated/α-hetero) is 1. The Morgan fingerprint density at radius 2 is 1.70 bits per heavy atom. The van der Waals surface area contributed by atoms with Crippen molar-refractivity contribution in [3.8, 4) is 0 Å². The molecule has 4 fully saturated rings. The highest BCUT2D eigenvalue weighted by molar-refractivity contribution is 5.98. The number of alkyl carbamates (subject to hydrolysis) is 2. The zero-order valence-corrected chi connectivity index (χ0v) is 25.0.